The van der Waals surface area contributed by atoms with E-state index in [1.165, 1.54) is 3.57 Å². The summed E-state index contributed by atoms with van der Waals surface area (Å²) < 4.78 is 8.95. The molecule has 1 aromatic carbocycles. The number of hydrogen-bond acceptors (Lipinski definition) is 2. The molecule has 1 fully saturated rings. The lowest BCUT2D eigenvalue weighted by Gasteiger charge is -2.16. The van der Waals surface area contributed by atoms with Gasteiger partial charge in [-0.3, -0.25) is 0 Å². The average molecular weight is 377 g/mol. The van der Waals surface area contributed by atoms with Gasteiger partial charge in [-0.05, 0) is 54.1 Å². The van der Waals surface area contributed by atoms with Crippen molar-refractivity contribution in [3.8, 4) is 0 Å². The second-order valence-corrected chi connectivity index (χ2v) is 6.51. The molecule has 0 aliphatic carbocycles. The van der Waals surface area contributed by atoms with E-state index in [0.717, 1.165) is 36.5 Å². The lowest BCUT2D eigenvalue weighted by atomic mass is 10.2. The van der Waals surface area contributed by atoms with Gasteiger partial charge in [0, 0.05) is 10.2 Å². The van der Waals surface area contributed by atoms with Crippen molar-refractivity contribution in [3.05, 3.63) is 27.6 Å². The minimum Gasteiger partial charge on any atom is -0.379 e. The van der Waals surface area contributed by atoms with E-state index in [9.17, 15) is 0 Å². The maximum Gasteiger partial charge on any atom is 0.128 e. The van der Waals surface area contributed by atoms with Gasteiger partial charge in [-0.1, -0.05) is 0 Å². The highest BCUT2D eigenvalue weighted by Crippen LogP contribution is 2.32. The van der Waals surface area contributed by atoms with Crippen LogP contribution in [0.3, 0.4) is 0 Å². The number of ether oxygens (including phenoxy) is 1. The molecule has 0 radical (unpaired) electrons. The number of halogens is 2. The largest absolute Gasteiger partial charge is 0.379 e. The summed E-state index contributed by atoms with van der Waals surface area (Å²) in [5, 5.41) is -0.0874. The molecule has 1 aliphatic heterocycles. The molecule has 1 aliphatic rings. The molecule has 3 nitrogen and oxygen atoms in total. The van der Waals surface area contributed by atoms with E-state index < -0.39 is 0 Å². The molecule has 0 spiro atoms. The lowest BCUT2D eigenvalue weighted by Crippen LogP contribution is -2.12. The number of nitrogens with zero attached hydrogens (tertiary/aromatic N) is 2. The molecule has 2 atom stereocenters. The van der Waals surface area contributed by atoms with Gasteiger partial charge >= 0.3 is 0 Å². The number of benzene rings is 1. The summed E-state index contributed by atoms with van der Waals surface area (Å²) in [5.74, 6) is 0.948. The number of aromatic nitrogens is 2. The first-order valence-corrected chi connectivity index (χ1v) is 7.57. The summed E-state index contributed by atoms with van der Waals surface area (Å²) in [6.45, 7) is 3.55. The highest BCUT2D eigenvalue weighted by molar-refractivity contribution is 14.1. The third-order valence-corrected chi connectivity index (χ3v) is 4.17. The Kier molecular flexibility index (Phi) is 3.51. The molecule has 2 heterocycles. The van der Waals surface area contributed by atoms with Gasteiger partial charge in [-0.2, -0.15) is 0 Å². The molecule has 18 heavy (non-hydrogen) atoms. The fourth-order valence-corrected chi connectivity index (χ4v) is 3.11. The monoisotopic (exact) mass is 376 g/mol. The first kappa shape index (κ1) is 12.7. The number of imidazole rings is 1. The van der Waals surface area contributed by atoms with Crippen LogP contribution in [0.15, 0.2) is 18.2 Å². The van der Waals surface area contributed by atoms with Crippen molar-refractivity contribution in [2.45, 2.75) is 24.8 Å². The minimum absolute atomic E-state index is 0.0874. The van der Waals surface area contributed by atoms with E-state index in [-0.39, 0.29) is 5.38 Å². The van der Waals surface area contributed by atoms with E-state index in [1.807, 2.05) is 6.92 Å². The van der Waals surface area contributed by atoms with Crippen LogP contribution in [0.25, 0.3) is 11.0 Å². The van der Waals surface area contributed by atoms with Crippen LogP contribution in [0, 0.1) is 3.57 Å². The molecule has 5 heteroatoms. The van der Waals surface area contributed by atoms with Crippen LogP contribution < -0.4 is 0 Å². The summed E-state index contributed by atoms with van der Waals surface area (Å²) in [6.07, 6.45) is 1.04. The Hall–Kier alpha value is -0.330. The van der Waals surface area contributed by atoms with Crippen LogP contribution in [0.5, 0.6) is 0 Å². The third-order valence-electron chi connectivity index (χ3n) is 3.31. The predicted molar refractivity (Wildman–Crippen MR) is 81.2 cm³/mol. The van der Waals surface area contributed by atoms with Crippen LogP contribution in [-0.4, -0.2) is 22.8 Å². The zero-order chi connectivity index (χ0) is 12.7. The molecule has 2 unspecified atom stereocenters. The first-order valence-electron chi connectivity index (χ1n) is 6.06. The Morgan fingerprint density at radius 3 is 3.06 bits per heavy atom. The zero-order valence-electron chi connectivity index (χ0n) is 10.1. The molecule has 1 saturated heterocycles. The molecule has 96 valence electrons. The number of hydrogen-bond donors (Lipinski definition) is 0. The van der Waals surface area contributed by atoms with E-state index in [4.69, 9.17) is 16.3 Å². The second kappa shape index (κ2) is 4.98. The Balaban J connectivity index is 2.21. The number of alkyl halides is 1. The zero-order valence-corrected chi connectivity index (χ0v) is 13.0. The molecule has 3 rings (SSSR count). The minimum atomic E-state index is -0.0874. The molecule has 1 aromatic heterocycles. The van der Waals surface area contributed by atoms with Gasteiger partial charge in [0.05, 0.1) is 29.1 Å². The fourth-order valence-electron chi connectivity index (χ4n) is 2.48. The standard InChI is InChI=1S/C13H14ClIN2O/c1-8(14)13-16-11-6-9(15)2-3-12(11)17(13)10-4-5-18-7-10/h2-3,6,8,10H,4-5,7H2,1H3. The Morgan fingerprint density at radius 2 is 2.39 bits per heavy atom. The molecule has 0 bridgehead atoms. The van der Waals surface area contributed by atoms with Crippen molar-refractivity contribution in [1.29, 1.82) is 0 Å². The smallest absolute Gasteiger partial charge is 0.128 e. The van der Waals surface area contributed by atoms with Gasteiger partial charge in [0.25, 0.3) is 0 Å². The van der Waals surface area contributed by atoms with Crippen LogP contribution in [0.4, 0.5) is 0 Å². The Bertz CT molecular complexity index is 576. The normalized spacial score (nSPS) is 21.6. The lowest BCUT2D eigenvalue weighted by molar-refractivity contribution is 0.186. The van der Waals surface area contributed by atoms with Gasteiger partial charge in [0.15, 0.2) is 0 Å². The first-order chi connectivity index (χ1) is 8.66. The summed E-state index contributed by atoms with van der Waals surface area (Å²) >= 11 is 8.58. The SMILES string of the molecule is CC(Cl)c1nc2cc(I)ccc2n1C1CCOC1. The van der Waals surface area contributed by atoms with Crippen molar-refractivity contribution < 1.29 is 4.74 Å². The van der Waals surface area contributed by atoms with Crippen molar-refractivity contribution in [2.75, 3.05) is 13.2 Å². The van der Waals surface area contributed by atoms with Crippen molar-refractivity contribution in [2.24, 2.45) is 0 Å². The summed E-state index contributed by atoms with van der Waals surface area (Å²) in [7, 11) is 0. The average Bonchev–Trinajstić information content (AvgIpc) is 2.92. The fraction of sp³-hybridized carbons (Fsp3) is 0.462. The van der Waals surface area contributed by atoms with Crippen molar-refractivity contribution in [3.63, 3.8) is 0 Å². The van der Waals surface area contributed by atoms with Gasteiger partial charge in [-0.25, -0.2) is 4.98 Å². The molecule has 2 aromatic rings. The van der Waals surface area contributed by atoms with E-state index in [0.29, 0.717) is 6.04 Å². The summed E-state index contributed by atoms with van der Waals surface area (Å²) in [6, 6.07) is 6.71. The highest BCUT2D eigenvalue weighted by atomic mass is 127. The van der Waals surface area contributed by atoms with E-state index in [1.54, 1.807) is 0 Å². The summed E-state index contributed by atoms with van der Waals surface area (Å²) in [4.78, 5) is 4.69. The quantitative estimate of drug-likeness (QED) is 0.587. The van der Waals surface area contributed by atoms with Crippen LogP contribution in [0.1, 0.15) is 30.6 Å². The Labute approximate surface area is 125 Å². The van der Waals surface area contributed by atoms with Crippen LogP contribution in [0.2, 0.25) is 0 Å². The van der Waals surface area contributed by atoms with E-state index >= 15 is 0 Å². The maximum atomic E-state index is 6.27. The highest BCUT2D eigenvalue weighted by Gasteiger charge is 2.24. The van der Waals surface area contributed by atoms with Crippen molar-refractivity contribution in [1.82, 2.24) is 9.55 Å². The van der Waals surface area contributed by atoms with Crippen LogP contribution in [-0.2, 0) is 4.74 Å². The topological polar surface area (TPSA) is 27.1 Å². The molecule has 0 amide bonds. The Morgan fingerprint density at radius 1 is 1.56 bits per heavy atom. The predicted octanol–water partition coefficient (Wildman–Crippen LogP) is 3.90. The molecular formula is C13H14ClIN2O. The maximum absolute atomic E-state index is 6.27. The van der Waals surface area contributed by atoms with Gasteiger partial charge in [0.2, 0.25) is 0 Å². The number of rotatable bonds is 2. The number of fused-ring (bicyclic) bond motifs is 1. The van der Waals surface area contributed by atoms with Gasteiger partial charge in [0.1, 0.15) is 5.82 Å². The van der Waals surface area contributed by atoms with Gasteiger partial charge < -0.3 is 9.30 Å². The van der Waals surface area contributed by atoms with Crippen LogP contribution >= 0.6 is 34.2 Å². The summed E-state index contributed by atoms with van der Waals surface area (Å²) in [5.41, 5.74) is 2.18. The third kappa shape index (κ3) is 2.14. The molecular weight excluding hydrogens is 363 g/mol. The van der Waals surface area contributed by atoms with Gasteiger partial charge in [-0.15, -0.1) is 11.6 Å². The van der Waals surface area contributed by atoms with E-state index in [2.05, 4.69) is 50.3 Å². The molecule has 0 saturated carbocycles. The van der Waals surface area contributed by atoms with Crippen molar-refractivity contribution >= 4 is 45.2 Å². The second-order valence-electron chi connectivity index (χ2n) is 4.61. The molecule has 0 N–H and O–H groups in total.